The standard InChI is InChI=1S/C20H21ClN4O/c1-14-16(21)7-5-8-17(14)24-19-11-13-23-20(25-19)22-12-10-15-6-3-4-9-18(15)26-2/h3-9,11,13H,10,12H2,1-2H3,(H2,22,23,24,25). The maximum absolute atomic E-state index is 6.17. The summed E-state index contributed by atoms with van der Waals surface area (Å²) in [5.41, 5.74) is 3.06. The molecule has 0 bridgehead atoms. The van der Waals surface area contributed by atoms with Gasteiger partial charge in [-0.25, -0.2) is 4.98 Å². The number of hydrogen-bond acceptors (Lipinski definition) is 5. The molecule has 0 aliphatic heterocycles. The highest BCUT2D eigenvalue weighted by atomic mass is 35.5. The minimum Gasteiger partial charge on any atom is -0.496 e. The number of aromatic nitrogens is 2. The highest BCUT2D eigenvalue weighted by Crippen LogP contribution is 2.25. The molecule has 26 heavy (non-hydrogen) atoms. The molecule has 1 aromatic heterocycles. The number of nitrogens with zero attached hydrogens (tertiary/aromatic N) is 2. The van der Waals surface area contributed by atoms with Crippen molar-refractivity contribution in [2.75, 3.05) is 24.3 Å². The Morgan fingerprint density at radius 2 is 1.92 bits per heavy atom. The molecule has 2 N–H and O–H groups in total. The third kappa shape index (κ3) is 4.43. The lowest BCUT2D eigenvalue weighted by molar-refractivity contribution is 0.410. The molecule has 0 unspecified atom stereocenters. The topological polar surface area (TPSA) is 59.1 Å². The first-order chi connectivity index (χ1) is 12.7. The van der Waals surface area contributed by atoms with Crippen LogP contribution in [-0.2, 0) is 6.42 Å². The van der Waals surface area contributed by atoms with Gasteiger partial charge in [-0.1, -0.05) is 35.9 Å². The number of rotatable bonds is 7. The largest absolute Gasteiger partial charge is 0.496 e. The second kappa shape index (κ2) is 8.54. The number of nitrogens with one attached hydrogen (secondary N) is 2. The van der Waals surface area contributed by atoms with Crippen LogP contribution in [0.5, 0.6) is 5.75 Å². The summed E-state index contributed by atoms with van der Waals surface area (Å²) in [6, 6.07) is 15.6. The van der Waals surface area contributed by atoms with E-state index in [4.69, 9.17) is 16.3 Å². The van der Waals surface area contributed by atoms with Crippen molar-refractivity contribution in [3.8, 4) is 5.75 Å². The molecule has 3 aromatic rings. The molecular weight excluding hydrogens is 348 g/mol. The maximum atomic E-state index is 6.17. The van der Waals surface area contributed by atoms with Crippen molar-refractivity contribution in [1.29, 1.82) is 0 Å². The molecule has 0 aliphatic rings. The van der Waals surface area contributed by atoms with Crippen molar-refractivity contribution in [3.63, 3.8) is 0 Å². The van der Waals surface area contributed by atoms with Gasteiger partial charge in [-0.3, -0.25) is 0 Å². The second-order valence-corrected chi connectivity index (χ2v) is 6.20. The number of hydrogen-bond donors (Lipinski definition) is 2. The number of para-hydroxylation sites is 1. The summed E-state index contributed by atoms with van der Waals surface area (Å²) in [6.45, 7) is 2.68. The summed E-state index contributed by atoms with van der Waals surface area (Å²) in [7, 11) is 1.68. The zero-order chi connectivity index (χ0) is 18.4. The molecule has 3 rings (SSSR count). The van der Waals surface area contributed by atoms with Gasteiger partial charge in [-0.2, -0.15) is 4.98 Å². The first kappa shape index (κ1) is 18.0. The van der Waals surface area contributed by atoms with Crippen molar-refractivity contribution < 1.29 is 4.74 Å². The van der Waals surface area contributed by atoms with Crippen LogP contribution in [0.1, 0.15) is 11.1 Å². The molecule has 5 nitrogen and oxygen atoms in total. The Bertz CT molecular complexity index is 885. The van der Waals surface area contributed by atoms with Gasteiger partial charge in [0.1, 0.15) is 11.6 Å². The summed E-state index contributed by atoms with van der Waals surface area (Å²) >= 11 is 6.17. The van der Waals surface area contributed by atoms with E-state index in [1.54, 1.807) is 13.3 Å². The van der Waals surface area contributed by atoms with E-state index in [1.165, 1.54) is 0 Å². The first-order valence-corrected chi connectivity index (χ1v) is 8.76. The van der Waals surface area contributed by atoms with Crippen LogP contribution in [0.3, 0.4) is 0 Å². The Balaban J connectivity index is 1.63. The highest BCUT2D eigenvalue weighted by molar-refractivity contribution is 6.31. The van der Waals surface area contributed by atoms with E-state index < -0.39 is 0 Å². The first-order valence-electron chi connectivity index (χ1n) is 8.38. The molecular formula is C20H21ClN4O. The van der Waals surface area contributed by atoms with E-state index in [9.17, 15) is 0 Å². The molecule has 0 fully saturated rings. The Kier molecular flexibility index (Phi) is 5.92. The molecule has 1 heterocycles. The molecule has 134 valence electrons. The summed E-state index contributed by atoms with van der Waals surface area (Å²) in [5.74, 6) is 2.18. The van der Waals surface area contributed by atoms with E-state index in [0.29, 0.717) is 18.3 Å². The Hall–Kier alpha value is -2.79. The lowest BCUT2D eigenvalue weighted by Crippen LogP contribution is -2.09. The monoisotopic (exact) mass is 368 g/mol. The van der Waals surface area contributed by atoms with Crippen molar-refractivity contribution >= 4 is 29.1 Å². The van der Waals surface area contributed by atoms with Crippen molar-refractivity contribution in [2.45, 2.75) is 13.3 Å². The summed E-state index contributed by atoms with van der Waals surface area (Å²) < 4.78 is 5.37. The van der Waals surface area contributed by atoms with E-state index >= 15 is 0 Å². The van der Waals surface area contributed by atoms with Crippen molar-refractivity contribution in [2.24, 2.45) is 0 Å². The fraction of sp³-hybridized carbons (Fsp3) is 0.200. The number of halogens is 1. The van der Waals surface area contributed by atoms with Crippen LogP contribution >= 0.6 is 11.6 Å². The van der Waals surface area contributed by atoms with Gasteiger partial charge in [-0.05, 0) is 48.7 Å². The third-order valence-corrected chi connectivity index (χ3v) is 4.47. The van der Waals surface area contributed by atoms with E-state index in [1.807, 2.05) is 49.4 Å². The van der Waals surface area contributed by atoms with E-state index in [-0.39, 0.29) is 0 Å². The fourth-order valence-corrected chi connectivity index (χ4v) is 2.79. The van der Waals surface area contributed by atoms with Gasteiger partial charge in [-0.15, -0.1) is 0 Å². The SMILES string of the molecule is COc1ccccc1CCNc1nccc(Nc2cccc(Cl)c2C)n1. The average Bonchev–Trinajstić information content (AvgIpc) is 2.66. The van der Waals surface area contributed by atoms with Gasteiger partial charge in [0.05, 0.1) is 7.11 Å². The predicted molar refractivity (Wildman–Crippen MR) is 107 cm³/mol. The average molecular weight is 369 g/mol. The summed E-state index contributed by atoms with van der Waals surface area (Å²) in [4.78, 5) is 8.78. The predicted octanol–water partition coefficient (Wildman–Crippen LogP) is 4.85. The Labute approximate surface area is 158 Å². The van der Waals surface area contributed by atoms with Crippen LogP contribution in [0, 0.1) is 6.92 Å². The summed E-state index contributed by atoms with van der Waals surface area (Å²) in [5, 5.41) is 7.26. The van der Waals surface area contributed by atoms with Gasteiger partial charge >= 0.3 is 0 Å². The molecule has 0 spiro atoms. The Morgan fingerprint density at radius 1 is 1.08 bits per heavy atom. The van der Waals surface area contributed by atoms with Gasteiger partial charge < -0.3 is 15.4 Å². The second-order valence-electron chi connectivity index (χ2n) is 5.79. The van der Waals surface area contributed by atoms with E-state index in [0.717, 1.165) is 34.0 Å². The third-order valence-electron chi connectivity index (χ3n) is 4.06. The molecule has 6 heteroatoms. The molecule has 2 aromatic carbocycles. The minimum atomic E-state index is 0.574. The molecule has 0 atom stereocenters. The number of ether oxygens (including phenoxy) is 1. The number of methoxy groups -OCH3 is 1. The normalized spacial score (nSPS) is 10.4. The van der Waals surface area contributed by atoms with Crippen LogP contribution < -0.4 is 15.4 Å². The number of benzene rings is 2. The van der Waals surface area contributed by atoms with E-state index in [2.05, 4.69) is 26.7 Å². The van der Waals surface area contributed by atoms with Crippen LogP contribution in [0.25, 0.3) is 0 Å². The lowest BCUT2D eigenvalue weighted by Gasteiger charge is -2.12. The maximum Gasteiger partial charge on any atom is 0.224 e. The molecule has 0 saturated carbocycles. The molecule has 0 amide bonds. The minimum absolute atomic E-state index is 0.574. The quantitative estimate of drug-likeness (QED) is 0.624. The van der Waals surface area contributed by atoms with Gasteiger partial charge in [0, 0.05) is 23.5 Å². The van der Waals surface area contributed by atoms with Gasteiger partial charge in [0.15, 0.2) is 0 Å². The van der Waals surface area contributed by atoms with Gasteiger partial charge in [0.2, 0.25) is 5.95 Å². The summed E-state index contributed by atoms with van der Waals surface area (Å²) in [6.07, 6.45) is 2.54. The Morgan fingerprint density at radius 3 is 2.77 bits per heavy atom. The molecule has 0 aliphatic carbocycles. The van der Waals surface area contributed by atoms with Crippen LogP contribution in [0.15, 0.2) is 54.7 Å². The smallest absolute Gasteiger partial charge is 0.224 e. The number of anilines is 3. The molecule has 0 saturated heterocycles. The van der Waals surface area contributed by atoms with Crippen molar-refractivity contribution in [3.05, 3.63) is 70.9 Å². The van der Waals surface area contributed by atoms with Crippen LogP contribution in [0.2, 0.25) is 5.02 Å². The lowest BCUT2D eigenvalue weighted by atomic mass is 10.1. The van der Waals surface area contributed by atoms with Crippen LogP contribution in [0.4, 0.5) is 17.5 Å². The highest BCUT2D eigenvalue weighted by Gasteiger charge is 2.05. The van der Waals surface area contributed by atoms with Gasteiger partial charge in [0.25, 0.3) is 0 Å². The van der Waals surface area contributed by atoms with Crippen LogP contribution in [-0.4, -0.2) is 23.6 Å². The zero-order valence-corrected chi connectivity index (χ0v) is 15.5. The van der Waals surface area contributed by atoms with Crippen molar-refractivity contribution in [1.82, 2.24) is 9.97 Å². The molecule has 0 radical (unpaired) electrons. The zero-order valence-electron chi connectivity index (χ0n) is 14.8. The fourth-order valence-electron chi connectivity index (χ4n) is 2.61.